The van der Waals surface area contributed by atoms with Gasteiger partial charge in [0, 0.05) is 55.2 Å². The molecule has 4 rings (SSSR count). The van der Waals surface area contributed by atoms with E-state index in [9.17, 15) is 14.4 Å². The van der Waals surface area contributed by atoms with Crippen molar-refractivity contribution < 1.29 is 14.4 Å². The maximum absolute atomic E-state index is 12.7. The van der Waals surface area contributed by atoms with Gasteiger partial charge in [0.05, 0.1) is 18.3 Å². The van der Waals surface area contributed by atoms with E-state index in [0.717, 1.165) is 18.8 Å². The molecule has 1 N–H and O–H groups in total. The van der Waals surface area contributed by atoms with E-state index >= 15 is 0 Å². The van der Waals surface area contributed by atoms with Crippen molar-refractivity contribution in [3.05, 3.63) is 65.2 Å². The Hall–Kier alpha value is -3.66. The average Bonchev–Trinajstić information content (AvgIpc) is 3.26. The van der Waals surface area contributed by atoms with Crippen LogP contribution in [0.1, 0.15) is 33.5 Å². The van der Waals surface area contributed by atoms with Crippen molar-refractivity contribution in [3.63, 3.8) is 0 Å². The van der Waals surface area contributed by atoms with Crippen molar-refractivity contribution in [2.45, 2.75) is 13.3 Å². The zero-order valence-electron chi connectivity index (χ0n) is 17.5. The van der Waals surface area contributed by atoms with Gasteiger partial charge >= 0.3 is 0 Å². The van der Waals surface area contributed by atoms with Gasteiger partial charge in [-0.3, -0.25) is 24.7 Å². The second-order valence-corrected chi connectivity index (χ2v) is 8.19. The molecule has 9 nitrogen and oxygen atoms in total. The normalized spacial score (nSPS) is 13.7. The van der Waals surface area contributed by atoms with E-state index in [1.54, 1.807) is 12.3 Å². The van der Waals surface area contributed by atoms with Gasteiger partial charge in [0.1, 0.15) is 5.69 Å². The molecule has 1 saturated heterocycles. The lowest BCUT2D eigenvalue weighted by Crippen LogP contribution is -2.49. The fraction of sp³-hybridized carbons (Fsp3) is 0.273. The van der Waals surface area contributed by atoms with Gasteiger partial charge in [-0.05, 0) is 31.2 Å². The fourth-order valence-corrected chi connectivity index (χ4v) is 4.12. The minimum atomic E-state index is -0.391. The molecule has 0 saturated carbocycles. The van der Waals surface area contributed by atoms with Crippen LogP contribution in [-0.4, -0.2) is 63.6 Å². The van der Waals surface area contributed by atoms with Gasteiger partial charge in [-0.25, -0.2) is 9.97 Å². The van der Waals surface area contributed by atoms with Crippen LogP contribution in [0.15, 0.2) is 48.2 Å². The summed E-state index contributed by atoms with van der Waals surface area (Å²) in [5.74, 6) is -0.336. The second kappa shape index (κ2) is 9.65. The van der Waals surface area contributed by atoms with Gasteiger partial charge in [0.15, 0.2) is 10.9 Å². The van der Waals surface area contributed by atoms with Crippen LogP contribution in [0, 0.1) is 0 Å². The summed E-state index contributed by atoms with van der Waals surface area (Å²) in [5, 5.41) is 4.87. The van der Waals surface area contributed by atoms with Crippen molar-refractivity contribution >= 4 is 39.8 Å². The Kier molecular flexibility index (Phi) is 6.50. The Balaban J connectivity index is 1.28. The molecule has 3 aromatic rings. The number of carbonyl (C=O) groups is 3. The minimum absolute atomic E-state index is 0.00804. The third-order valence-corrected chi connectivity index (χ3v) is 5.98. The number of hydrogen-bond acceptors (Lipinski definition) is 8. The molecule has 0 aliphatic carbocycles. The SMILES string of the molecule is CC(=O)c1ccc(N2CCN(C(=O)Cc3csc(NC(=O)c4cnccn4)n3)CC2)cc1. The number of thiazole rings is 1. The maximum atomic E-state index is 12.7. The molecule has 2 aromatic heterocycles. The molecule has 0 spiro atoms. The van der Waals surface area contributed by atoms with Crippen molar-refractivity contribution in [1.29, 1.82) is 0 Å². The summed E-state index contributed by atoms with van der Waals surface area (Å²) in [5.41, 5.74) is 2.56. The number of piperazine rings is 1. The number of nitrogens with zero attached hydrogens (tertiary/aromatic N) is 5. The number of rotatable bonds is 6. The monoisotopic (exact) mass is 450 g/mol. The van der Waals surface area contributed by atoms with Crippen LogP contribution in [0.2, 0.25) is 0 Å². The molecule has 0 radical (unpaired) electrons. The van der Waals surface area contributed by atoms with Crippen LogP contribution in [0.25, 0.3) is 0 Å². The van der Waals surface area contributed by atoms with Crippen LogP contribution in [0.3, 0.4) is 0 Å². The van der Waals surface area contributed by atoms with Crippen LogP contribution < -0.4 is 10.2 Å². The molecule has 0 unspecified atom stereocenters. The van der Waals surface area contributed by atoms with Gasteiger partial charge in [0.2, 0.25) is 5.91 Å². The molecule has 164 valence electrons. The van der Waals surface area contributed by atoms with E-state index in [0.29, 0.717) is 29.5 Å². The van der Waals surface area contributed by atoms with E-state index in [-0.39, 0.29) is 23.8 Å². The third kappa shape index (κ3) is 5.14. The largest absolute Gasteiger partial charge is 0.368 e. The van der Waals surface area contributed by atoms with Crippen molar-refractivity contribution in [3.8, 4) is 0 Å². The summed E-state index contributed by atoms with van der Waals surface area (Å²) in [7, 11) is 0. The highest BCUT2D eigenvalue weighted by atomic mass is 32.1. The number of carbonyl (C=O) groups excluding carboxylic acids is 3. The topological polar surface area (TPSA) is 108 Å². The van der Waals surface area contributed by atoms with Gasteiger partial charge in [-0.15, -0.1) is 11.3 Å². The summed E-state index contributed by atoms with van der Waals surface area (Å²) in [4.78, 5) is 52.5. The Morgan fingerprint density at radius 2 is 1.81 bits per heavy atom. The lowest BCUT2D eigenvalue weighted by molar-refractivity contribution is -0.130. The Morgan fingerprint density at radius 1 is 1.06 bits per heavy atom. The summed E-state index contributed by atoms with van der Waals surface area (Å²) in [6.45, 7) is 4.24. The molecule has 1 aromatic carbocycles. The van der Waals surface area contributed by atoms with E-state index in [1.165, 1.54) is 29.9 Å². The minimum Gasteiger partial charge on any atom is -0.368 e. The number of anilines is 2. The molecular formula is C22H22N6O3S. The fourth-order valence-electron chi connectivity index (χ4n) is 3.41. The first-order chi connectivity index (χ1) is 15.5. The summed E-state index contributed by atoms with van der Waals surface area (Å²) in [6, 6.07) is 7.55. The maximum Gasteiger partial charge on any atom is 0.277 e. The number of ketones is 1. The smallest absolute Gasteiger partial charge is 0.277 e. The van der Waals surface area contributed by atoms with Gasteiger partial charge in [0.25, 0.3) is 5.91 Å². The molecule has 32 heavy (non-hydrogen) atoms. The highest BCUT2D eigenvalue weighted by molar-refractivity contribution is 7.14. The first-order valence-electron chi connectivity index (χ1n) is 10.1. The first-order valence-corrected chi connectivity index (χ1v) is 11.0. The molecule has 0 atom stereocenters. The van der Waals surface area contributed by atoms with Crippen LogP contribution in [0.5, 0.6) is 0 Å². The van der Waals surface area contributed by atoms with Crippen LogP contribution >= 0.6 is 11.3 Å². The number of nitrogens with one attached hydrogen (secondary N) is 1. The number of amides is 2. The van der Waals surface area contributed by atoms with Gasteiger partial charge in [-0.1, -0.05) is 0 Å². The van der Waals surface area contributed by atoms with Crippen molar-refractivity contribution in [2.24, 2.45) is 0 Å². The molecule has 1 aliphatic rings. The summed E-state index contributed by atoms with van der Waals surface area (Å²) < 4.78 is 0. The van der Waals surface area contributed by atoms with Crippen LogP contribution in [-0.2, 0) is 11.2 Å². The van der Waals surface area contributed by atoms with Gasteiger partial charge in [-0.2, -0.15) is 0 Å². The molecule has 2 amide bonds. The molecule has 1 fully saturated rings. The van der Waals surface area contributed by atoms with E-state index in [4.69, 9.17) is 0 Å². The summed E-state index contributed by atoms with van der Waals surface area (Å²) in [6.07, 6.45) is 4.51. The number of hydrogen-bond donors (Lipinski definition) is 1. The highest BCUT2D eigenvalue weighted by Crippen LogP contribution is 2.20. The van der Waals surface area contributed by atoms with E-state index in [1.807, 2.05) is 29.2 Å². The number of aromatic nitrogens is 3. The quantitative estimate of drug-likeness (QED) is 0.574. The number of benzene rings is 1. The van der Waals surface area contributed by atoms with E-state index < -0.39 is 5.91 Å². The average molecular weight is 451 g/mol. The van der Waals surface area contributed by atoms with E-state index in [2.05, 4.69) is 25.2 Å². The van der Waals surface area contributed by atoms with Gasteiger partial charge < -0.3 is 9.80 Å². The first kappa shape index (κ1) is 21.6. The van der Waals surface area contributed by atoms with Crippen molar-refractivity contribution in [1.82, 2.24) is 19.9 Å². The second-order valence-electron chi connectivity index (χ2n) is 7.34. The standard InChI is InChI=1S/C22H22N6O3S/c1-15(29)16-2-4-18(5-3-16)27-8-10-28(11-9-27)20(30)12-17-14-32-22(25-17)26-21(31)19-13-23-6-7-24-19/h2-7,13-14H,8-12H2,1H3,(H,25,26,31). The lowest BCUT2D eigenvalue weighted by atomic mass is 10.1. The number of Topliss-reactive ketones (excluding diaryl/α,β-unsaturated/α-hetero) is 1. The Morgan fingerprint density at radius 3 is 2.47 bits per heavy atom. The zero-order valence-corrected chi connectivity index (χ0v) is 18.3. The molecule has 1 aliphatic heterocycles. The Bertz CT molecular complexity index is 1110. The molecule has 0 bridgehead atoms. The highest BCUT2D eigenvalue weighted by Gasteiger charge is 2.22. The molecular weight excluding hydrogens is 428 g/mol. The predicted octanol–water partition coefficient (Wildman–Crippen LogP) is 2.28. The molecule has 10 heteroatoms. The van der Waals surface area contributed by atoms with Crippen LogP contribution in [0.4, 0.5) is 10.8 Å². The zero-order chi connectivity index (χ0) is 22.5. The summed E-state index contributed by atoms with van der Waals surface area (Å²) >= 11 is 1.27. The Labute approximate surface area is 189 Å². The lowest BCUT2D eigenvalue weighted by Gasteiger charge is -2.36. The third-order valence-electron chi connectivity index (χ3n) is 5.17. The van der Waals surface area contributed by atoms with Crippen molar-refractivity contribution in [2.75, 3.05) is 36.4 Å². The molecule has 3 heterocycles. The predicted molar refractivity (Wildman–Crippen MR) is 121 cm³/mol.